The van der Waals surface area contributed by atoms with Crippen molar-refractivity contribution in [3.8, 4) is 11.5 Å². The molecule has 3 N–H and O–H groups in total. The topological polar surface area (TPSA) is 101 Å². The molecule has 2 amide bonds. The lowest BCUT2D eigenvalue weighted by molar-refractivity contribution is -0.114. The number of allylic oxidation sites excluding steroid dienone is 1. The van der Waals surface area contributed by atoms with Gasteiger partial charge in [0.15, 0.2) is 5.17 Å². The molecule has 9 heteroatoms. The summed E-state index contributed by atoms with van der Waals surface area (Å²) < 4.78 is 10.7. The summed E-state index contributed by atoms with van der Waals surface area (Å²) in [5, 5.41) is 9.60. The number of carbonyl (C=O) groups is 2. The molecule has 8 nitrogen and oxygen atoms in total. The van der Waals surface area contributed by atoms with Gasteiger partial charge in [-0.3, -0.25) is 9.59 Å². The third kappa shape index (κ3) is 6.54. The highest BCUT2D eigenvalue weighted by atomic mass is 32.2. The minimum atomic E-state index is -0.582. The maximum Gasteiger partial charge on any atom is 0.255 e. The molecule has 0 aromatic heterocycles. The van der Waals surface area contributed by atoms with Crippen molar-refractivity contribution < 1.29 is 19.1 Å². The number of para-hydroxylation sites is 1. The summed E-state index contributed by atoms with van der Waals surface area (Å²) >= 11 is 1.27. The van der Waals surface area contributed by atoms with Crippen LogP contribution in [-0.4, -0.2) is 37.0 Å². The van der Waals surface area contributed by atoms with E-state index >= 15 is 0 Å². The lowest BCUT2D eigenvalue weighted by Crippen LogP contribution is -2.32. The number of ether oxygens (including phenoxy) is 2. The average molecular weight is 531 g/mol. The Morgan fingerprint density at radius 3 is 2.32 bits per heavy atom. The summed E-state index contributed by atoms with van der Waals surface area (Å²) in [7, 11) is 3.21. The van der Waals surface area contributed by atoms with Crippen LogP contribution in [0.5, 0.6) is 11.5 Å². The molecule has 3 aromatic carbocycles. The molecule has 0 spiro atoms. The van der Waals surface area contributed by atoms with Gasteiger partial charge in [-0.1, -0.05) is 42.1 Å². The van der Waals surface area contributed by atoms with Crippen LogP contribution in [0.2, 0.25) is 0 Å². The third-order valence-corrected chi connectivity index (χ3v) is 6.84. The minimum Gasteiger partial charge on any atom is -0.497 e. The first-order valence-electron chi connectivity index (χ1n) is 12.0. The number of aliphatic imine (C=N–C) groups is 1. The Morgan fingerprint density at radius 1 is 0.921 bits per heavy atom. The van der Waals surface area contributed by atoms with Crippen LogP contribution in [0.15, 0.2) is 89.1 Å². The zero-order valence-electron chi connectivity index (χ0n) is 21.7. The number of carbonyl (C=O) groups excluding carboxylic acids is 2. The molecule has 1 aliphatic heterocycles. The maximum atomic E-state index is 13.4. The molecule has 0 aliphatic carbocycles. The monoisotopic (exact) mass is 530 g/mol. The first-order valence-corrected chi connectivity index (χ1v) is 13.0. The zero-order chi connectivity index (χ0) is 27.1. The fourth-order valence-corrected chi connectivity index (χ4v) is 4.73. The fraction of sp³-hybridized carbons (Fsp3) is 0.207. The summed E-state index contributed by atoms with van der Waals surface area (Å²) in [6, 6.07) is 21.6. The number of amides is 2. The number of rotatable bonds is 8. The SMILES string of the molecule is COc1ccc(NC(=O)CSC2=N[C@@H](c3ccc(C)c(OC)c3)C(C(=O)Nc3ccccc3)=C(C)N2)cc1. The highest BCUT2D eigenvalue weighted by Crippen LogP contribution is 2.35. The molecule has 4 rings (SSSR count). The van der Waals surface area contributed by atoms with Gasteiger partial charge in [-0.05, 0) is 67.4 Å². The lowest BCUT2D eigenvalue weighted by atomic mass is 9.94. The fourth-order valence-electron chi connectivity index (χ4n) is 3.99. The summed E-state index contributed by atoms with van der Waals surface area (Å²) in [6.45, 7) is 3.80. The smallest absolute Gasteiger partial charge is 0.255 e. The van der Waals surface area contributed by atoms with Crippen molar-refractivity contribution in [1.82, 2.24) is 5.32 Å². The number of methoxy groups -OCH3 is 2. The van der Waals surface area contributed by atoms with E-state index in [1.165, 1.54) is 11.8 Å². The van der Waals surface area contributed by atoms with Gasteiger partial charge >= 0.3 is 0 Å². The Balaban J connectivity index is 1.55. The molecule has 0 saturated carbocycles. The standard InChI is InChI=1S/C29H30N4O4S/c1-18-10-11-20(16-24(18)37-4)27-26(28(35)32-21-8-6-5-7-9-21)19(2)30-29(33-27)38-17-25(34)31-22-12-14-23(36-3)15-13-22/h5-16,27H,17H2,1-4H3,(H,30,33)(H,31,34)(H,32,35)/t27-/m0/s1. The highest BCUT2D eigenvalue weighted by molar-refractivity contribution is 8.14. The first-order chi connectivity index (χ1) is 18.4. The number of hydrogen-bond donors (Lipinski definition) is 3. The van der Waals surface area contributed by atoms with Crippen LogP contribution in [0, 0.1) is 6.92 Å². The summed E-state index contributed by atoms with van der Waals surface area (Å²) in [5.41, 5.74) is 4.32. The van der Waals surface area contributed by atoms with E-state index in [0.717, 1.165) is 11.1 Å². The zero-order valence-corrected chi connectivity index (χ0v) is 22.5. The second-order valence-corrected chi connectivity index (χ2v) is 9.58. The van der Waals surface area contributed by atoms with E-state index in [0.29, 0.717) is 39.3 Å². The van der Waals surface area contributed by atoms with Crippen molar-refractivity contribution in [1.29, 1.82) is 0 Å². The van der Waals surface area contributed by atoms with Gasteiger partial charge in [0.05, 0.1) is 25.5 Å². The number of thioether (sulfide) groups is 1. The van der Waals surface area contributed by atoms with Crippen LogP contribution in [0.3, 0.4) is 0 Å². The van der Waals surface area contributed by atoms with Crippen LogP contribution in [0.25, 0.3) is 0 Å². The molecule has 1 atom stereocenters. The van der Waals surface area contributed by atoms with Gasteiger partial charge in [0, 0.05) is 17.1 Å². The van der Waals surface area contributed by atoms with E-state index in [1.54, 1.807) is 38.5 Å². The van der Waals surface area contributed by atoms with Crippen molar-refractivity contribution in [2.24, 2.45) is 4.99 Å². The van der Waals surface area contributed by atoms with E-state index in [4.69, 9.17) is 14.5 Å². The molecule has 0 saturated heterocycles. The van der Waals surface area contributed by atoms with Gasteiger partial charge in [-0.15, -0.1) is 0 Å². The second kappa shape index (κ2) is 12.3. The Morgan fingerprint density at radius 2 is 1.63 bits per heavy atom. The van der Waals surface area contributed by atoms with E-state index in [-0.39, 0.29) is 17.6 Å². The maximum absolute atomic E-state index is 13.4. The number of amidine groups is 1. The molecule has 0 bridgehead atoms. The quantitative estimate of drug-likeness (QED) is 0.366. The summed E-state index contributed by atoms with van der Waals surface area (Å²) in [5.74, 6) is 1.14. The van der Waals surface area contributed by atoms with E-state index in [2.05, 4.69) is 16.0 Å². The lowest BCUT2D eigenvalue weighted by Gasteiger charge is -2.26. The molecule has 0 fully saturated rings. The summed E-state index contributed by atoms with van der Waals surface area (Å²) in [6.07, 6.45) is 0. The average Bonchev–Trinajstić information content (AvgIpc) is 2.92. The molecule has 196 valence electrons. The van der Waals surface area contributed by atoms with Crippen molar-refractivity contribution >= 4 is 40.1 Å². The molecular formula is C29H30N4O4S. The Kier molecular flexibility index (Phi) is 8.70. The third-order valence-electron chi connectivity index (χ3n) is 5.96. The normalized spacial score (nSPS) is 14.7. The Bertz CT molecular complexity index is 1370. The largest absolute Gasteiger partial charge is 0.497 e. The number of nitrogens with zero attached hydrogens (tertiary/aromatic N) is 1. The highest BCUT2D eigenvalue weighted by Gasteiger charge is 2.30. The molecule has 0 radical (unpaired) electrons. The molecule has 1 heterocycles. The number of benzene rings is 3. The van der Waals surface area contributed by atoms with Crippen LogP contribution in [-0.2, 0) is 9.59 Å². The van der Waals surface area contributed by atoms with Crippen LogP contribution in [0.4, 0.5) is 11.4 Å². The van der Waals surface area contributed by atoms with Crippen molar-refractivity contribution in [2.45, 2.75) is 19.9 Å². The van der Waals surface area contributed by atoms with Crippen LogP contribution in [0.1, 0.15) is 24.1 Å². The first kappa shape index (κ1) is 26.8. The predicted octanol–water partition coefficient (Wildman–Crippen LogP) is 5.30. The van der Waals surface area contributed by atoms with Crippen LogP contribution >= 0.6 is 11.8 Å². The van der Waals surface area contributed by atoms with Crippen molar-refractivity contribution in [3.63, 3.8) is 0 Å². The number of anilines is 2. The minimum absolute atomic E-state index is 0.140. The van der Waals surface area contributed by atoms with Crippen LogP contribution < -0.4 is 25.4 Å². The van der Waals surface area contributed by atoms with Crippen molar-refractivity contribution in [2.75, 3.05) is 30.6 Å². The van der Waals surface area contributed by atoms with Gasteiger partial charge in [-0.25, -0.2) is 4.99 Å². The van der Waals surface area contributed by atoms with E-state index < -0.39 is 6.04 Å². The predicted molar refractivity (Wildman–Crippen MR) is 153 cm³/mol. The van der Waals surface area contributed by atoms with Gasteiger partial charge in [-0.2, -0.15) is 0 Å². The second-order valence-electron chi connectivity index (χ2n) is 8.62. The Hall–Kier alpha value is -4.24. The molecule has 0 unspecified atom stereocenters. The molecule has 3 aromatic rings. The molecular weight excluding hydrogens is 500 g/mol. The van der Waals surface area contributed by atoms with Crippen molar-refractivity contribution in [3.05, 3.63) is 95.2 Å². The molecule has 38 heavy (non-hydrogen) atoms. The number of nitrogens with one attached hydrogen (secondary N) is 3. The molecule has 1 aliphatic rings. The Labute approximate surface area is 226 Å². The summed E-state index contributed by atoms with van der Waals surface area (Å²) in [4.78, 5) is 30.9. The number of aryl methyl sites for hydroxylation is 1. The van der Waals surface area contributed by atoms with Gasteiger partial charge in [0.2, 0.25) is 5.91 Å². The van der Waals surface area contributed by atoms with Gasteiger partial charge in [0.25, 0.3) is 5.91 Å². The van der Waals surface area contributed by atoms with E-state index in [9.17, 15) is 9.59 Å². The van der Waals surface area contributed by atoms with Gasteiger partial charge < -0.3 is 25.4 Å². The number of hydrogen-bond acceptors (Lipinski definition) is 7. The van der Waals surface area contributed by atoms with E-state index in [1.807, 2.05) is 62.4 Å². The van der Waals surface area contributed by atoms with Gasteiger partial charge in [0.1, 0.15) is 17.5 Å².